The summed E-state index contributed by atoms with van der Waals surface area (Å²) >= 11 is 0.773. The molecule has 10 heteroatoms. The third kappa shape index (κ3) is 4.06. The maximum atomic E-state index is 12.5. The number of non-ortho nitro benzene ring substituents is 1. The van der Waals surface area contributed by atoms with E-state index in [-0.39, 0.29) is 17.8 Å². The van der Waals surface area contributed by atoms with Crippen molar-refractivity contribution in [2.75, 3.05) is 5.32 Å². The largest absolute Gasteiger partial charge is 0.545 e. The first kappa shape index (κ1) is 18.4. The molecule has 0 saturated carbocycles. The monoisotopic (exact) mass is 386 g/mol. The fourth-order valence-corrected chi connectivity index (χ4v) is 3.38. The molecule has 2 aromatic carbocycles. The quantitative estimate of drug-likeness (QED) is 0.584. The number of carbonyl (C=O) groups excluding carboxylic acids is 3. The maximum Gasteiger partial charge on any atom is 0.291 e. The molecule has 2 aromatic rings. The Morgan fingerprint density at radius 2 is 1.89 bits per heavy atom. The zero-order valence-corrected chi connectivity index (χ0v) is 14.5. The third-order valence-corrected chi connectivity index (χ3v) is 4.79. The summed E-state index contributed by atoms with van der Waals surface area (Å²) in [4.78, 5) is 46.7. The first-order valence-corrected chi connectivity index (χ1v) is 8.56. The Labute approximate surface area is 157 Å². The van der Waals surface area contributed by atoms with Crippen LogP contribution in [0.2, 0.25) is 0 Å². The lowest BCUT2D eigenvalue weighted by Gasteiger charge is -2.15. The summed E-state index contributed by atoms with van der Waals surface area (Å²) in [5.74, 6) is -1.83. The molecule has 138 valence electrons. The lowest BCUT2D eigenvalue weighted by Crippen LogP contribution is -2.34. The number of benzene rings is 2. The molecule has 1 aliphatic rings. The minimum absolute atomic E-state index is 0.0140. The van der Waals surface area contributed by atoms with E-state index in [0.29, 0.717) is 11.3 Å². The number of carboxylic acids is 1. The third-order valence-electron chi connectivity index (χ3n) is 3.81. The molecule has 2 amide bonds. The van der Waals surface area contributed by atoms with Crippen molar-refractivity contribution in [2.24, 2.45) is 0 Å². The smallest absolute Gasteiger partial charge is 0.291 e. The van der Waals surface area contributed by atoms with Gasteiger partial charge in [-0.25, -0.2) is 0 Å². The minimum atomic E-state index is -1.35. The lowest BCUT2D eigenvalue weighted by atomic mass is 10.2. The van der Waals surface area contributed by atoms with Gasteiger partial charge in [0.1, 0.15) is 0 Å². The highest BCUT2D eigenvalue weighted by Gasteiger charge is 2.39. The number of thioether (sulfide) groups is 1. The Morgan fingerprint density at radius 3 is 2.52 bits per heavy atom. The molecule has 0 unspecified atom stereocenters. The number of imide groups is 1. The second kappa shape index (κ2) is 7.46. The van der Waals surface area contributed by atoms with E-state index in [1.807, 2.05) is 0 Å². The number of aromatic carboxylic acids is 1. The number of nitro benzene ring substituents is 1. The van der Waals surface area contributed by atoms with Gasteiger partial charge in [-0.2, -0.15) is 0 Å². The van der Waals surface area contributed by atoms with E-state index in [1.165, 1.54) is 42.5 Å². The Balaban J connectivity index is 1.70. The molecule has 27 heavy (non-hydrogen) atoms. The Bertz CT molecular complexity index is 931. The molecule has 9 nitrogen and oxygen atoms in total. The molecule has 1 atom stereocenters. The molecule has 1 N–H and O–H groups in total. The van der Waals surface area contributed by atoms with E-state index in [4.69, 9.17) is 0 Å². The Morgan fingerprint density at radius 1 is 1.19 bits per heavy atom. The van der Waals surface area contributed by atoms with Crippen molar-refractivity contribution in [1.29, 1.82) is 0 Å². The average molecular weight is 386 g/mol. The van der Waals surface area contributed by atoms with Crippen LogP contribution in [0.25, 0.3) is 0 Å². The second-order valence-corrected chi connectivity index (χ2v) is 6.68. The molecule has 0 aromatic heterocycles. The predicted octanol–water partition coefficient (Wildman–Crippen LogP) is 1.59. The van der Waals surface area contributed by atoms with Crippen molar-refractivity contribution in [3.8, 4) is 0 Å². The van der Waals surface area contributed by atoms with Crippen molar-refractivity contribution < 1.29 is 24.4 Å². The molecule has 0 radical (unpaired) electrons. The van der Waals surface area contributed by atoms with Gasteiger partial charge in [0.05, 0.1) is 17.4 Å². The van der Waals surface area contributed by atoms with Gasteiger partial charge in [-0.1, -0.05) is 24.3 Å². The fraction of sp³-hybridized carbons (Fsp3) is 0.118. The van der Waals surface area contributed by atoms with Crippen LogP contribution in [-0.2, 0) is 11.3 Å². The Hall–Kier alpha value is -3.40. The molecule has 0 bridgehead atoms. The Kier molecular flexibility index (Phi) is 5.08. The van der Waals surface area contributed by atoms with Crippen LogP contribution in [0.15, 0.2) is 48.5 Å². The van der Waals surface area contributed by atoms with Crippen molar-refractivity contribution >= 4 is 40.3 Å². The summed E-state index contributed by atoms with van der Waals surface area (Å²) in [7, 11) is 0. The maximum absolute atomic E-state index is 12.5. The molecule has 1 heterocycles. The first-order valence-electron chi connectivity index (χ1n) is 7.68. The molecule has 1 aliphatic heterocycles. The normalized spacial score (nSPS) is 16.4. The summed E-state index contributed by atoms with van der Waals surface area (Å²) in [6, 6.07) is 11.3. The van der Waals surface area contributed by atoms with Crippen LogP contribution in [0, 0.1) is 10.1 Å². The van der Waals surface area contributed by atoms with Gasteiger partial charge in [0.2, 0.25) is 0 Å². The topological polar surface area (TPSA) is 133 Å². The number of anilines is 1. The average Bonchev–Trinajstić information content (AvgIpc) is 2.90. The molecular formula is C17H12N3O6S-. The molecule has 0 aliphatic carbocycles. The van der Waals surface area contributed by atoms with Gasteiger partial charge >= 0.3 is 0 Å². The molecule has 1 saturated heterocycles. The van der Waals surface area contributed by atoms with Crippen LogP contribution in [0.3, 0.4) is 0 Å². The zero-order chi connectivity index (χ0) is 19.6. The van der Waals surface area contributed by atoms with E-state index >= 15 is 0 Å². The first-order chi connectivity index (χ1) is 12.8. The van der Waals surface area contributed by atoms with E-state index in [2.05, 4.69) is 5.32 Å². The van der Waals surface area contributed by atoms with Crippen molar-refractivity contribution in [1.82, 2.24) is 4.90 Å². The highest BCUT2D eigenvalue weighted by Crippen LogP contribution is 2.30. The SMILES string of the molecule is O=C([O-])c1cccc(N[C@H]2SC(=O)N(Cc3ccc([N+](=O)[O-])cc3)C2=O)c1. The lowest BCUT2D eigenvalue weighted by molar-refractivity contribution is -0.384. The molecule has 0 spiro atoms. The minimum Gasteiger partial charge on any atom is -0.545 e. The van der Waals surface area contributed by atoms with Gasteiger partial charge in [-0.15, -0.1) is 0 Å². The van der Waals surface area contributed by atoms with Crippen LogP contribution in [-0.4, -0.2) is 32.3 Å². The van der Waals surface area contributed by atoms with Gasteiger partial charge in [-0.05, 0) is 35.0 Å². The van der Waals surface area contributed by atoms with Crippen molar-refractivity contribution in [3.63, 3.8) is 0 Å². The summed E-state index contributed by atoms with van der Waals surface area (Å²) in [6.07, 6.45) is 0. The summed E-state index contributed by atoms with van der Waals surface area (Å²) in [6.45, 7) is -0.0140. The number of nitrogens with zero attached hydrogens (tertiary/aromatic N) is 2. The highest BCUT2D eigenvalue weighted by molar-refractivity contribution is 8.15. The van der Waals surface area contributed by atoms with Gasteiger partial charge in [0.15, 0.2) is 5.37 Å². The van der Waals surface area contributed by atoms with Crippen LogP contribution in [0.4, 0.5) is 16.2 Å². The van der Waals surface area contributed by atoms with E-state index in [9.17, 15) is 29.6 Å². The fourth-order valence-electron chi connectivity index (χ4n) is 2.47. The molecule has 3 rings (SSSR count). The van der Waals surface area contributed by atoms with E-state index in [0.717, 1.165) is 16.7 Å². The number of amides is 2. The van der Waals surface area contributed by atoms with Gasteiger partial charge in [-0.3, -0.25) is 24.6 Å². The summed E-state index contributed by atoms with van der Waals surface area (Å²) in [5, 5.41) is 23.1. The van der Waals surface area contributed by atoms with Gasteiger partial charge in [0.25, 0.3) is 16.8 Å². The molecule has 1 fully saturated rings. The number of nitrogens with one attached hydrogen (secondary N) is 1. The van der Waals surface area contributed by atoms with Crippen LogP contribution in [0.5, 0.6) is 0 Å². The number of hydrogen-bond acceptors (Lipinski definition) is 8. The second-order valence-electron chi connectivity index (χ2n) is 5.62. The number of nitro groups is 1. The number of rotatable bonds is 6. The standard InChI is InChI=1S/C17H13N3O6S/c21-15-14(18-12-3-1-2-11(8-12)16(22)23)27-17(24)19(15)9-10-4-6-13(7-5-10)20(25)26/h1-8,14,18H,9H2,(H,22,23)/p-1/t14-/m0/s1. The van der Waals surface area contributed by atoms with E-state index < -0.39 is 27.4 Å². The van der Waals surface area contributed by atoms with Crippen LogP contribution < -0.4 is 10.4 Å². The van der Waals surface area contributed by atoms with Gasteiger partial charge in [0, 0.05) is 17.8 Å². The predicted molar refractivity (Wildman–Crippen MR) is 94.8 cm³/mol. The van der Waals surface area contributed by atoms with Crippen molar-refractivity contribution in [2.45, 2.75) is 11.9 Å². The summed E-state index contributed by atoms with van der Waals surface area (Å²) in [5.41, 5.74) is 0.805. The van der Waals surface area contributed by atoms with Crippen LogP contribution in [0.1, 0.15) is 15.9 Å². The van der Waals surface area contributed by atoms with E-state index in [1.54, 1.807) is 6.07 Å². The number of carboxylic acid groups (broad SMARTS) is 1. The van der Waals surface area contributed by atoms with Gasteiger partial charge < -0.3 is 15.2 Å². The van der Waals surface area contributed by atoms with Crippen molar-refractivity contribution in [3.05, 3.63) is 69.8 Å². The number of hydrogen-bond donors (Lipinski definition) is 1. The number of carbonyl (C=O) groups is 3. The van der Waals surface area contributed by atoms with Crippen LogP contribution >= 0.6 is 11.8 Å². The summed E-state index contributed by atoms with van der Waals surface area (Å²) < 4.78 is 0. The highest BCUT2D eigenvalue weighted by atomic mass is 32.2. The molecular weight excluding hydrogens is 374 g/mol. The zero-order valence-electron chi connectivity index (χ0n) is 13.7.